The van der Waals surface area contributed by atoms with E-state index in [0.717, 1.165) is 40.8 Å². The van der Waals surface area contributed by atoms with E-state index in [9.17, 15) is 0 Å². The number of imidazole rings is 1. The molecule has 0 amide bonds. The lowest BCUT2D eigenvalue weighted by atomic mass is 10.1. The first kappa shape index (κ1) is 19.5. The Morgan fingerprint density at radius 2 is 1.59 bits per heavy atom. The van der Waals surface area contributed by atoms with Gasteiger partial charge in [-0.3, -0.25) is 4.68 Å². The minimum Gasteiger partial charge on any atom is -0.332 e. The van der Waals surface area contributed by atoms with Gasteiger partial charge in [-0.25, -0.2) is 4.98 Å². The molecule has 0 aliphatic carbocycles. The number of H-pyrrole nitrogens is 1. The predicted octanol–water partition coefficient (Wildman–Crippen LogP) is 6.21. The summed E-state index contributed by atoms with van der Waals surface area (Å²) in [4.78, 5) is 8.48. The summed E-state index contributed by atoms with van der Waals surface area (Å²) in [5.74, 6) is 1.06. The highest BCUT2D eigenvalue weighted by Gasteiger charge is 2.14. The Kier molecular flexibility index (Phi) is 6.47. The van der Waals surface area contributed by atoms with Gasteiger partial charge < -0.3 is 4.98 Å². The molecule has 0 fully saturated rings. The number of rotatable bonds is 9. The third kappa shape index (κ3) is 4.98. The zero-order valence-corrected chi connectivity index (χ0v) is 17.5. The monoisotopic (exact) mass is 402 g/mol. The molecule has 0 saturated carbocycles. The van der Waals surface area contributed by atoms with Crippen LogP contribution in [0.4, 0.5) is 0 Å². The van der Waals surface area contributed by atoms with Gasteiger partial charge in [-0.1, -0.05) is 78.8 Å². The van der Waals surface area contributed by atoms with Crippen molar-refractivity contribution in [2.75, 3.05) is 5.75 Å². The van der Waals surface area contributed by atoms with E-state index in [1.807, 2.05) is 18.3 Å². The molecule has 0 spiro atoms. The van der Waals surface area contributed by atoms with Gasteiger partial charge in [0.1, 0.15) is 0 Å². The standard InChI is InChI=1S/C24H26N4S/c1-19-15-16-25-28(19)17-9-4-10-18-29-24-26-22(20-11-5-2-6-12-20)23(27-24)21-13-7-3-8-14-21/h2-3,5-8,11-16H,4,9-10,17-18H2,1H3,(H,26,27). The number of nitrogens with zero attached hydrogens (tertiary/aromatic N) is 3. The third-order valence-electron chi connectivity index (χ3n) is 4.97. The van der Waals surface area contributed by atoms with E-state index >= 15 is 0 Å². The minimum atomic E-state index is 0.991. The molecule has 2 aromatic heterocycles. The van der Waals surface area contributed by atoms with Gasteiger partial charge in [-0.15, -0.1) is 0 Å². The van der Waals surface area contributed by atoms with E-state index in [-0.39, 0.29) is 0 Å². The summed E-state index contributed by atoms with van der Waals surface area (Å²) >= 11 is 1.81. The number of unbranched alkanes of at least 4 members (excludes halogenated alkanes) is 2. The van der Waals surface area contributed by atoms with Gasteiger partial charge in [0, 0.05) is 35.3 Å². The van der Waals surface area contributed by atoms with Crippen molar-refractivity contribution in [3.8, 4) is 22.5 Å². The molecular weight excluding hydrogens is 376 g/mol. The number of hydrogen-bond donors (Lipinski definition) is 1. The SMILES string of the molecule is Cc1ccnn1CCCCCSc1nc(-c2ccccc2)c(-c2ccccc2)[nH]1. The first-order chi connectivity index (χ1) is 14.3. The number of thioether (sulfide) groups is 1. The van der Waals surface area contributed by atoms with Crippen LogP contribution in [0.2, 0.25) is 0 Å². The van der Waals surface area contributed by atoms with Gasteiger partial charge in [0.15, 0.2) is 5.16 Å². The first-order valence-electron chi connectivity index (χ1n) is 10.1. The fraction of sp³-hybridized carbons (Fsp3) is 0.250. The largest absolute Gasteiger partial charge is 0.332 e. The van der Waals surface area contributed by atoms with Crippen LogP contribution in [-0.4, -0.2) is 25.5 Å². The van der Waals surface area contributed by atoms with Gasteiger partial charge in [-0.05, 0) is 25.8 Å². The molecule has 4 aromatic rings. The Morgan fingerprint density at radius 1 is 0.862 bits per heavy atom. The second kappa shape index (κ2) is 9.61. The van der Waals surface area contributed by atoms with Crippen molar-refractivity contribution in [2.24, 2.45) is 0 Å². The van der Waals surface area contributed by atoms with Crippen LogP contribution < -0.4 is 0 Å². The lowest BCUT2D eigenvalue weighted by molar-refractivity contribution is 0.543. The maximum atomic E-state index is 4.92. The maximum Gasteiger partial charge on any atom is 0.166 e. The van der Waals surface area contributed by atoms with Crippen molar-refractivity contribution < 1.29 is 0 Å². The lowest BCUT2D eigenvalue weighted by Crippen LogP contribution is -2.02. The van der Waals surface area contributed by atoms with Crippen LogP contribution in [0.5, 0.6) is 0 Å². The van der Waals surface area contributed by atoms with E-state index in [4.69, 9.17) is 4.98 Å². The molecule has 5 heteroatoms. The molecule has 0 aliphatic rings. The van der Waals surface area contributed by atoms with Crippen molar-refractivity contribution >= 4 is 11.8 Å². The van der Waals surface area contributed by atoms with E-state index in [1.54, 1.807) is 11.8 Å². The molecule has 0 radical (unpaired) electrons. The molecule has 0 atom stereocenters. The van der Waals surface area contributed by atoms with Crippen LogP contribution in [0.3, 0.4) is 0 Å². The maximum absolute atomic E-state index is 4.92. The number of hydrogen-bond acceptors (Lipinski definition) is 3. The summed E-state index contributed by atoms with van der Waals surface area (Å²) in [6, 6.07) is 22.9. The van der Waals surface area contributed by atoms with E-state index in [2.05, 4.69) is 76.3 Å². The van der Waals surface area contributed by atoms with Gasteiger partial charge in [0.25, 0.3) is 0 Å². The first-order valence-corrected chi connectivity index (χ1v) is 11.1. The van der Waals surface area contributed by atoms with Crippen LogP contribution in [0, 0.1) is 6.92 Å². The summed E-state index contributed by atoms with van der Waals surface area (Å²) in [5, 5.41) is 5.34. The highest BCUT2D eigenvalue weighted by atomic mass is 32.2. The Balaban J connectivity index is 1.38. The summed E-state index contributed by atoms with van der Waals surface area (Å²) < 4.78 is 2.08. The Morgan fingerprint density at radius 3 is 2.28 bits per heavy atom. The molecule has 4 nitrogen and oxygen atoms in total. The number of nitrogens with one attached hydrogen (secondary N) is 1. The van der Waals surface area contributed by atoms with E-state index in [1.165, 1.54) is 24.1 Å². The van der Waals surface area contributed by atoms with Gasteiger partial charge in [0.05, 0.1) is 11.4 Å². The molecule has 148 valence electrons. The molecule has 2 heterocycles. The van der Waals surface area contributed by atoms with Gasteiger partial charge in [0.2, 0.25) is 0 Å². The normalized spacial score (nSPS) is 11.1. The van der Waals surface area contributed by atoms with E-state index < -0.39 is 0 Å². The molecular formula is C24H26N4S. The molecule has 0 saturated heterocycles. The quantitative estimate of drug-likeness (QED) is 0.267. The van der Waals surface area contributed by atoms with Crippen molar-refractivity contribution in [3.63, 3.8) is 0 Å². The van der Waals surface area contributed by atoms with Crippen LogP contribution in [0.15, 0.2) is 78.1 Å². The molecule has 0 unspecified atom stereocenters. The zero-order chi connectivity index (χ0) is 19.9. The average Bonchev–Trinajstić information content (AvgIpc) is 3.38. The molecule has 29 heavy (non-hydrogen) atoms. The lowest BCUT2D eigenvalue weighted by Gasteiger charge is -2.04. The Hall–Kier alpha value is -2.79. The zero-order valence-electron chi connectivity index (χ0n) is 16.7. The van der Waals surface area contributed by atoms with Crippen molar-refractivity contribution in [3.05, 3.63) is 78.6 Å². The molecule has 0 aliphatic heterocycles. The number of aryl methyl sites for hydroxylation is 2. The minimum absolute atomic E-state index is 0.991. The Bertz CT molecular complexity index is 964. The predicted molar refractivity (Wildman–Crippen MR) is 121 cm³/mol. The Labute approximate surface area is 176 Å². The fourth-order valence-electron chi connectivity index (χ4n) is 3.38. The highest BCUT2D eigenvalue weighted by Crippen LogP contribution is 2.32. The smallest absolute Gasteiger partial charge is 0.166 e. The van der Waals surface area contributed by atoms with Crippen LogP contribution in [0.25, 0.3) is 22.5 Å². The molecule has 0 bridgehead atoms. The fourth-order valence-corrected chi connectivity index (χ4v) is 4.25. The van der Waals surface area contributed by atoms with Crippen molar-refractivity contribution in [2.45, 2.75) is 37.9 Å². The summed E-state index contributed by atoms with van der Waals surface area (Å²) in [6.45, 7) is 3.11. The molecule has 1 N–H and O–H groups in total. The van der Waals surface area contributed by atoms with Crippen LogP contribution >= 0.6 is 11.8 Å². The van der Waals surface area contributed by atoms with Crippen LogP contribution in [-0.2, 0) is 6.54 Å². The van der Waals surface area contributed by atoms with Crippen molar-refractivity contribution in [1.29, 1.82) is 0 Å². The third-order valence-corrected chi connectivity index (χ3v) is 5.93. The summed E-state index contributed by atoms with van der Waals surface area (Å²) in [7, 11) is 0. The van der Waals surface area contributed by atoms with Gasteiger partial charge >= 0.3 is 0 Å². The topological polar surface area (TPSA) is 46.5 Å². The van der Waals surface area contributed by atoms with E-state index in [0.29, 0.717) is 0 Å². The second-order valence-corrected chi connectivity index (χ2v) is 8.19. The highest BCUT2D eigenvalue weighted by molar-refractivity contribution is 7.99. The second-order valence-electron chi connectivity index (χ2n) is 7.10. The van der Waals surface area contributed by atoms with Crippen molar-refractivity contribution in [1.82, 2.24) is 19.7 Å². The summed E-state index contributed by atoms with van der Waals surface area (Å²) in [5.41, 5.74) is 5.66. The molecule has 2 aromatic carbocycles. The van der Waals surface area contributed by atoms with Crippen LogP contribution in [0.1, 0.15) is 25.0 Å². The number of aromatic amines is 1. The number of aromatic nitrogens is 4. The average molecular weight is 403 g/mol. The number of benzene rings is 2. The molecule has 4 rings (SSSR count). The van der Waals surface area contributed by atoms with Gasteiger partial charge in [-0.2, -0.15) is 5.10 Å². The summed E-state index contributed by atoms with van der Waals surface area (Å²) in [6.07, 6.45) is 5.40.